The van der Waals surface area contributed by atoms with Crippen LogP contribution in [0.25, 0.3) is 0 Å². The average molecular weight is 281 g/mol. The summed E-state index contributed by atoms with van der Waals surface area (Å²) in [6.45, 7) is 0. The molecule has 2 N–H and O–H groups in total. The normalized spacial score (nSPS) is 24.1. The van der Waals surface area contributed by atoms with Gasteiger partial charge in [-0.05, 0) is 47.3 Å². The molecule has 0 heterocycles. The number of hydrogen-bond acceptors (Lipinski definition) is 3. The second-order valence-electron chi connectivity index (χ2n) is 3.98. The zero-order valence-corrected chi connectivity index (χ0v) is 10.4. The van der Waals surface area contributed by atoms with Crippen molar-refractivity contribution in [3.63, 3.8) is 0 Å². The lowest BCUT2D eigenvalue weighted by Gasteiger charge is -2.18. The first-order valence-electron chi connectivity index (χ1n) is 5.33. The Morgan fingerprint density at radius 1 is 1.44 bits per heavy atom. The Bertz CT molecular complexity index is 428. The average Bonchev–Trinajstić information content (AvgIpc) is 2.65. The molecule has 1 aliphatic carbocycles. The van der Waals surface area contributed by atoms with E-state index in [2.05, 4.69) is 22.0 Å². The molecular weight excluding hydrogens is 268 g/mol. The molecule has 1 aliphatic rings. The van der Waals surface area contributed by atoms with Gasteiger partial charge in [-0.3, -0.25) is 0 Å². The summed E-state index contributed by atoms with van der Waals surface area (Å²) in [5.74, 6) is 0.624. The molecule has 1 fully saturated rings. The van der Waals surface area contributed by atoms with Crippen molar-refractivity contribution >= 4 is 15.9 Å². The Balaban J connectivity index is 2.21. The molecule has 0 aromatic heterocycles. The molecule has 2 rings (SSSR count). The number of nitrogens with two attached hydrogens (primary N) is 1. The van der Waals surface area contributed by atoms with Crippen molar-refractivity contribution in [2.24, 2.45) is 5.73 Å². The Morgan fingerprint density at radius 2 is 2.25 bits per heavy atom. The number of ether oxygens (including phenoxy) is 1. The first-order valence-corrected chi connectivity index (χ1v) is 6.12. The van der Waals surface area contributed by atoms with E-state index < -0.39 is 0 Å². The highest BCUT2D eigenvalue weighted by molar-refractivity contribution is 9.10. The van der Waals surface area contributed by atoms with Gasteiger partial charge in [-0.15, -0.1) is 0 Å². The monoisotopic (exact) mass is 280 g/mol. The molecule has 2 unspecified atom stereocenters. The fourth-order valence-electron chi connectivity index (χ4n) is 1.98. The van der Waals surface area contributed by atoms with Crippen LogP contribution < -0.4 is 10.5 Å². The smallest absolute Gasteiger partial charge is 0.138 e. The highest BCUT2D eigenvalue weighted by Gasteiger charge is 2.26. The van der Waals surface area contributed by atoms with E-state index in [0.717, 1.165) is 23.7 Å². The topological polar surface area (TPSA) is 59.0 Å². The van der Waals surface area contributed by atoms with E-state index in [0.29, 0.717) is 11.3 Å². The molecule has 1 aromatic rings. The van der Waals surface area contributed by atoms with Crippen LogP contribution >= 0.6 is 15.9 Å². The Kier molecular flexibility index (Phi) is 3.47. The lowest BCUT2D eigenvalue weighted by molar-refractivity contribution is 0.191. The predicted octanol–water partition coefficient (Wildman–Crippen LogP) is 2.58. The summed E-state index contributed by atoms with van der Waals surface area (Å²) in [6.07, 6.45) is 3.11. The van der Waals surface area contributed by atoms with Gasteiger partial charge in [0.25, 0.3) is 0 Å². The van der Waals surface area contributed by atoms with Crippen LogP contribution in [0, 0.1) is 11.3 Å². The lowest BCUT2D eigenvalue weighted by atomic mass is 10.2. The zero-order chi connectivity index (χ0) is 11.5. The van der Waals surface area contributed by atoms with Crippen molar-refractivity contribution in [1.82, 2.24) is 0 Å². The summed E-state index contributed by atoms with van der Waals surface area (Å²) in [5, 5.41) is 9.05. The molecule has 0 aliphatic heterocycles. The van der Waals surface area contributed by atoms with Crippen LogP contribution in [0.3, 0.4) is 0 Å². The summed E-state index contributed by atoms with van der Waals surface area (Å²) in [6, 6.07) is 7.74. The minimum atomic E-state index is 0.0430. The molecule has 0 saturated heterocycles. The summed E-state index contributed by atoms with van der Waals surface area (Å²) in [7, 11) is 0. The highest BCUT2D eigenvalue weighted by atomic mass is 79.9. The van der Waals surface area contributed by atoms with Crippen molar-refractivity contribution < 1.29 is 4.74 Å². The first kappa shape index (κ1) is 11.4. The highest BCUT2D eigenvalue weighted by Crippen LogP contribution is 2.29. The number of nitriles is 1. The number of nitrogens with zero attached hydrogens (tertiary/aromatic N) is 1. The molecule has 4 heteroatoms. The summed E-state index contributed by atoms with van der Waals surface area (Å²) in [5.41, 5.74) is 6.48. The number of hydrogen-bond donors (Lipinski definition) is 1. The van der Waals surface area contributed by atoms with E-state index >= 15 is 0 Å². The standard InChI is InChI=1S/C12H13BrN2O/c13-9-3-1-5-11(8(9)7-14)16-12-6-2-4-10(12)15/h1,3,5,10,12H,2,4,6,15H2. The molecule has 0 bridgehead atoms. The van der Waals surface area contributed by atoms with Crippen LogP contribution in [0.4, 0.5) is 0 Å². The maximum atomic E-state index is 9.05. The van der Waals surface area contributed by atoms with Gasteiger partial charge in [0.1, 0.15) is 23.5 Å². The quantitative estimate of drug-likeness (QED) is 0.906. The van der Waals surface area contributed by atoms with Crippen LogP contribution in [-0.4, -0.2) is 12.1 Å². The molecule has 1 saturated carbocycles. The number of rotatable bonds is 2. The molecule has 0 spiro atoms. The van der Waals surface area contributed by atoms with Gasteiger partial charge in [-0.2, -0.15) is 5.26 Å². The minimum Gasteiger partial charge on any atom is -0.487 e. The maximum absolute atomic E-state index is 9.05. The van der Waals surface area contributed by atoms with Gasteiger partial charge in [-0.1, -0.05) is 6.07 Å². The second kappa shape index (κ2) is 4.86. The van der Waals surface area contributed by atoms with Gasteiger partial charge in [0.15, 0.2) is 0 Å². The molecule has 16 heavy (non-hydrogen) atoms. The Hall–Kier alpha value is -1.05. The van der Waals surface area contributed by atoms with Crippen molar-refractivity contribution in [2.75, 3.05) is 0 Å². The Labute approximate surface area is 103 Å². The van der Waals surface area contributed by atoms with E-state index in [1.54, 1.807) is 0 Å². The first-order chi connectivity index (χ1) is 7.72. The van der Waals surface area contributed by atoms with Crippen LogP contribution in [0.5, 0.6) is 5.75 Å². The fraction of sp³-hybridized carbons (Fsp3) is 0.417. The predicted molar refractivity (Wildman–Crippen MR) is 65.1 cm³/mol. The molecule has 1 aromatic carbocycles. The SMILES string of the molecule is N#Cc1c(Br)cccc1OC1CCCC1N. The van der Waals surface area contributed by atoms with Crippen LogP contribution in [0.1, 0.15) is 24.8 Å². The summed E-state index contributed by atoms with van der Waals surface area (Å²) >= 11 is 3.34. The zero-order valence-electron chi connectivity index (χ0n) is 8.82. The lowest BCUT2D eigenvalue weighted by Crippen LogP contribution is -2.33. The fourth-order valence-corrected chi connectivity index (χ4v) is 2.41. The molecular formula is C12H13BrN2O. The number of halogens is 1. The van der Waals surface area contributed by atoms with E-state index in [-0.39, 0.29) is 12.1 Å². The third kappa shape index (κ3) is 2.21. The van der Waals surface area contributed by atoms with E-state index in [1.807, 2.05) is 18.2 Å². The van der Waals surface area contributed by atoms with Gasteiger partial charge in [0.2, 0.25) is 0 Å². The second-order valence-corrected chi connectivity index (χ2v) is 4.83. The minimum absolute atomic E-state index is 0.0430. The summed E-state index contributed by atoms with van der Waals surface area (Å²) < 4.78 is 6.58. The third-order valence-corrected chi connectivity index (χ3v) is 3.53. The number of benzene rings is 1. The van der Waals surface area contributed by atoms with Crippen LogP contribution in [0.2, 0.25) is 0 Å². The molecule has 3 nitrogen and oxygen atoms in total. The van der Waals surface area contributed by atoms with E-state index in [4.69, 9.17) is 15.7 Å². The van der Waals surface area contributed by atoms with Gasteiger partial charge in [0.05, 0.1) is 0 Å². The molecule has 0 amide bonds. The van der Waals surface area contributed by atoms with E-state index in [1.165, 1.54) is 0 Å². The maximum Gasteiger partial charge on any atom is 0.138 e. The molecule has 2 atom stereocenters. The largest absolute Gasteiger partial charge is 0.487 e. The van der Waals surface area contributed by atoms with Crippen molar-refractivity contribution in [2.45, 2.75) is 31.4 Å². The summed E-state index contributed by atoms with van der Waals surface area (Å²) in [4.78, 5) is 0. The molecule has 84 valence electrons. The van der Waals surface area contributed by atoms with Crippen LogP contribution in [0.15, 0.2) is 22.7 Å². The van der Waals surface area contributed by atoms with Gasteiger partial charge < -0.3 is 10.5 Å². The molecule has 0 radical (unpaired) electrons. The van der Waals surface area contributed by atoms with Crippen molar-refractivity contribution in [1.29, 1.82) is 5.26 Å². The van der Waals surface area contributed by atoms with Crippen molar-refractivity contribution in [3.8, 4) is 11.8 Å². The third-order valence-electron chi connectivity index (χ3n) is 2.87. The van der Waals surface area contributed by atoms with Crippen molar-refractivity contribution in [3.05, 3.63) is 28.2 Å². The van der Waals surface area contributed by atoms with Crippen LogP contribution in [-0.2, 0) is 0 Å². The van der Waals surface area contributed by atoms with Gasteiger partial charge in [-0.25, -0.2) is 0 Å². The van der Waals surface area contributed by atoms with E-state index in [9.17, 15) is 0 Å². The van der Waals surface area contributed by atoms with Gasteiger partial charge in [0, 0.05) is 10.5 Å². The Morgan fingerprint density at radius 3 is 2.88 bits per heavy atom. The van der Waals surface area contributed by atoms with Gasteiger partial charge >= 0.3 is 0 Å².